The molecule has 0 radical (unpaired) electrons. The van der Waals surface area contributed by atoms with E-state index in [4.69, 9.17) is 14.2 Å². The third-order valence-corrected chi connectivity index (χ3v) is 5.78. The van der Waals surface area contributed by atoms with Crippen molar-refractivity contribution in [3.05, 3.63) is 34.3 Å². The minimum Gasteiger partial charge on any atom is -0.493 e. The molecule has 0 atom stereocenters. The number of benzene rings is 1. The van der Waals surface area contributed by atoms with E-state index < -0.39 is 5.97 Å². The van der Waals surface area contributed by atoms with Gasteiger partial charge in [0.25, 0.3) is 0 Å². The number of methoxy groups -OCH3 is 2. The Morgan fingerprint density at radius 1 is 1.13 bits per heavy atom. The molecule has 0 aliphatic carbocycles. The first kappa shape index (κ1) is 24.7. The number of rotatable bonds is 14. The number of ether oxygens (including phenoxy) is 3. The zero-order valence-corrected chi connectivity index (χ0v) is 19.7. The molecule has 0 aliphatic heterocycles. The standard InChI is InChI=1S/C23H33N3O4S/c1-5-6-7-8-9-10-11-14-30-19-13-12-18(15-20(19)28-3)16-24-26-23-25-17(2)21(31-23)22(27)29-4/h12-13,15-16H,5-11,14H2,1-4H3,(H,25,26)/b24-16-. The predicted molar refractivity (Wildman–Crippen MR) is 126 cm³/mol. The Bertz CT molecular complexity index is 851. The quantitative estimate of drug-likeness (QED) is 0.170. The molecule has 0 amide bonds. The van der Waals surface area contributed by atoms with Crippen LogP contribution in [0, 0.1) is 6.92 Å². The number of thiazole rings is 1. The summed E-state index contributed by atoms with van der Waals surface area (Å²) in [6.07, 6.45) is 10.4. The monoisotopic (exact) mass is 447 g/mol. The van der Waals surface area contributed by atoms with Gasteiger partial charge in [-0.05, 0) is 37.1 Å². The summed E-state index contributed by atoms with van der Waals surface area (Å²) in [5.74, 6) is 1.01. The van der Waals surface area contributed by atoms with Crippen LogP contribution in [0.2, 0.25) is 0 Å². The van der Waals surface area contributed by atoms with Gasteiger partial charge in [0.1, 0.15) is 4.88 Å². The number of nitrogens with one attached hydrogen (secondary N) is 1. The molecule has 1 aromatic carbocycles. The van der Waals surface area contributed by atoms with Gasteiger partial charge in [0.05, 0.1) is 32.7 Å². The molecule has 0 aliphatic rings. The maximum Gasteiger partial charge on any atom is 0.350 e. The lowest BCUT2D eigenvalue weighted by molar-refractivity contribution is 0.0605. The lowest BCUT2D eigenvalue weighted by atomic mass is 10.1. The molecule has 2 aromatic rings. The maximum atomic E-state index is 11.7. The summed E-state index contributed by atoms with van der Waals surface area (Å²) >= 11 is 1.20. The third-order valence-electron chi connectivity index (χ3n) is 4.73. The Kier molecular flexibility index (Phi) is 10.9. The first-order chi connectivity index (χ1) is 15.1. The molecule has 0 saturated heterocycles. The van der Waals surface area contributed by atoms with Crippen molar-refractivity contribution in [2.75, 3.05) is 26.3 Å². The molecule has 1 N–H and O–H groups in total. The summed E-state index contributed by atoms with van der Waals surface area (Å²) in [6.45, 7) is 4.68. The summed E-state index contributed by atoms with van der Waals surface area (Å²) in [4.78, 5) is 16.4. The van der Waals surface area contributed by atoms with Gasteiger partial charge in [0.2, 0.25) is 5.13 Å². The van der Waals surface area contributed by atoms with Crippen LogP contribution in [0.15, 0.2) is 23.3 Å². The molecule has 0 bridgehead atoms. The molecule has 0 spiro atoms. The summed E-state index contributed by atoms with van der Waals surface area (Å²) in [5.41, 5.74) is 4.31. The Balaban J connectivity index is 1.83. The average molecular weight is 448 g/mol. The van der Waals surface area contributed by atoms with Crippen molar-refractivity contribution < 1.29 is 19.0 Å². The second kappa shape index (κ2) is 13.6. The number of unbranched alkanes of at least 4 members (excludes halogenated alkanes) is 6. The highest BCUT2D eigenvalue weighted by Gasteiger charge is 2.15. The van der Waals surface area contributed by atoms with Gasteiger partial charge in [-0.3, -0.25) is 5.43 Å². The van der Waals surface area contributed by atoms with Gasteiger partial charge in [0, 0.05) is 0 Å². The van der Waals surface area contributed by atoms with Crippen molar-refractivity contribution in [2.24, 2.45) is 5.10 Å². The van der Waals surface area contributed by atoms with Crippen molar-refractivity contribution in [3.63, 3.8) is 0 Å². The summed E-state index contributed by atoms with van der Waals surface area (Å²) < 4.78 is 16.1. The minimum atomic E-state index is -0.399. The Labute approximate surface area is 188 Å². The first-order valence-electron chi connectivity index (χ1n) is 10.7. The normalized spacial score (nSPS) is 11.0. The van der Waals surface area contributed by atoms with Gasteiger partial charge in [-0.2, -0.15) is 5.10 Å². The van der Waals surface area contributed by atoms with Crippen molar-refractivity contribution in [1.82, 2.24) is 4.98 Å². The number of aromatic nitrogens is 1. The highest BCUT2D eigenvalue weighted by Crippen LogP contribution is 2.28. The van der Waals surface area contributed by atoms with Gasteiger partial charge >= 0.3 is 5.97 Å². The number of carbonyl (C=O) groups is 1. The zero-order chi connectivity index (χ0) is 22.5. The fourth-order valence-electron chi connectivity index (χ4n) is 3.01. The first-order valence-corrected chi connectivity index (χ1v) is 11.6. The minimum absolute atomic E-state index is 0.399. The number of hydrazone groups is 1. The van der Waals surface area contributed by atoms with Crippen LogP contribution in [-0.4, -0.2) is 38.0 Å². The molecule has 8 heteroatoms. The number of nitrogens with zero attached hydrogens (tertiary/aromatic N) is 2. The van der Waals surface area contributed by atoms with Gasteiger partial charge in [-0.1, -0.05) is 56.8 Å². The molecule has 0 unspecified atom stereocenters. The van der Waals surface area contributed by atoms with E-state index in [1.807, 2.05) is 18.2 Å². The molecule has 170 valence electrons. The second-order valence-corrected chi connectivity index (χ2v) is 8.17. The SMILES string of the molecule is CCCCCCCCCOc1ccc(/C=N\Nc2nc(C)c(C(=O)OC)s2)cc1OC. The number of hydrogen-bond donors (Lipinski definition) is 1. The van der Waals surface area contributed by atoms with Gasteiger partial charge in [-0.25, -0.2) is 9.78 Å². The number of hydrogen-bond acceptors (Lipinski definition) is 8. The third kappa shape index (κ3) is 8.20. The van der Waals surface area contributed by atoms with Crippen molar-refractivity contribution in [3.8, 4) is 11.5 Å². The van der Waals surface area contributed by atoms with Gasteiger partial charge in [-0.15, -0.1) is 0 Å². The fraction of sp³-hybridized carbons (Fsp3) is 0.522. The van der Waals surface area contributed by atoms with Crippen LogP contribution in [0.4, 0.5) is 5.13 Å². The van der Waals surface area contributed by atoms with Crippen LogP contribution in [0.5, 0.6) is 11.5 Å². The highest BCUT2D eigenvalue weighted by molar-refractivity contribution is 7.17. The molecule has 2 rings (SSSR count). The summed E-state index contributed by atoms with van der Waals surface area (Å²) in [7, 11) is 2.98. The van der Waals surface area contributed by atoms with E-state index in [9.17, 15) is 4.79 Å². The molecular formula is C23H33N3O4S. The molecule has 0 saturated carbocycles. The van der Waals surface area contributed by atoms with Crippen LogP contribution in [0.1, 0.15) is 72.8 Å². The Morgan fingerprint density at radius 2 is 1.87 bits per heavy atom. The average Bonchev–Trinajstić information content (AvgIpc) is 3.15. The Morgan fingerprint density at radius 3 is 2.58 bits per heavy atom. The Hall–Kier alpha value is -2.61. The molecule has 0 fully saturated rings. The van der Waals surface area contributed by atoms with Crippen LogP contribution in [0.3, 0.4) is 0 Å². The largest absolute Gasteiger partial charge is 0.493 e. The summed E-state index contributed by atoms with van der Waals surface area (Å²) in [6, 6.07) is 5.68. The van der Waals surface area contributed by atoms with Crippen LogP contribution >= 0.6 is 11.3 Å². The number of carbonyl (C=O) groups excluding carboxylic acids is 1. The highest BCUT2D eigenvalue weighted by atomic mass is 32.1. The smallest absolute Gasteiger partial charge is 0.350 e. The van der Waals surface area contributed by atoms with E-state index in [1.54, 1.807) is 20.2 Å². The van der Waals surface area contributed by atoms with Gasteiger partial charge in [0.15, 0.2) is 11.5 Å². The zero-order valence-electron chi connectivity index (χ0n) is 18.9. The van der Waals surface area contributed by atoms with E-state index >= 15 is 0 Å². The van der Waals surface area contributed by atoms with Crippen molar-refractivity contribution in [1.29, 1.82) is 0 Å². The van der Waals surface area contributed by atoms with E-state index in [0.717, 1.165) is 17.7 Å². The fourth-order valence-corrected chi connectivity index (χ4v) is 3.85. The number of esters is 1. The molecule has 31 heavy (non-hydrogen) atoms. The molecule has 1 aromatic heterocycles. The molecule has 7 nitrogen and oxygen atoms in total. The van der Waals surface area contributed by atoms with E-state index in [2.05, 4.69) is 22.4 Å². The summed E-state index contributed by atoms with van der Waals surface area (Å²) in [5, 5.41) is 4.72. The predicted octanol–water partition coefficient (Wildman–Crippen LogP) is 5.82. The second-order valence-electron chi connectivity index (χ2n) is 7.18. The lowest BCUT2D eigenvalue weighted by Crippen LogP contribution is -2.00. The maximum absolute atomic E-state index is 11.7. The molecular weight excluding hydrogens is 414 g/mol. The van der Waals surface area contributed by atoms with Crippen molar-refractivity contribution in [2.45, 2.75) is 58.8 Å². The molecule has 1 heterocycles. The van der Waals surface area contributed by atoms with Gasteiger partial charge < -0.3 is 14.2 Å². The van der Waals surface area contributed by atoms with E-state index in [-0.39, 0.29) is 0 Å². The lowest BCUT2D eigenvalue weighted by Gasteiger charge is -2.11. The number of anilines is 1. The topological polar surface area (TPSA) is 82.0 Å². The van der Waals surface area contributed by atoms with Crippen LogP contribution in [-0.2, 0) is 4.74 Å². The van der Waals surface area contributed by atoms with Crippen LogP contribution < -0.4 is 14.9 Å². The van der Waals surface area contributed by atoms with E-state index in [1.165, 1.54) is 57.0 Å². The van der Waals surface area contributed by atoms with Crippen LogP contribution in [0.25, 0.3) is 0 Å². The van der Waals surface area contributed by atoms with E-state index in [0.29, 0.717) is 28.1 Å². The van der Waals surface area contributed by atoms with Crippen molar-refractivity contribution >= 4 is 28.7 Å². The number of aryl methyl sites for hydroxylation is 1.